The van der Waals surface area contributed by atoms with Gasteiger partial charge in [-0.05, 0) is 23.1 Å². The molecule has 1 atom stereocenters. The number of allylic oxidation sites excluding steroid dienone is 4. The summed E-state index contributed by atoms with van der Waals surface area (Å²) in [7, 11) is 0. The zero-order chi connectivity index (χ0) is 33.2. The smallest absolute Gasteiger partial charge is 0.0181 e. The van der Waals surface area contributed by atoms with Crippen molar-refractivity contribution in [3.8, 4) is 33.4 Å². The van der Waals surface area contributed by atoms with Crippen molar-refractivity contribution in [3.63, 3.8) is 0 Å². The topological polar surface area (TPSA) is 0 Å². The molecule has 0 nitrogen and oxygen atoms in total. The van der Waals surface area contributed by atoms with Crippen molar-refractivity contribution in [2.24, 2.45) is 11.3 Å². The molecule has 0 heterocycles. The minimum absolute atomic E-state index is 0. The predicted molar refractivity (Wildman–Crippen MR) is 199 cm³/mol. The van der Waals surface area contributed by atoms with Crippen molar-refractivity contribution in [2.75, 3.05) is 0 Å². The minimum atomic E-state index is 0. The van der Waals surface area contributed by atoms with Crippen LogP contribution in [-0.2, 0) is 30.7 Å². The molecule has 0 N–H and O–H groups in total. The van der Waals surface area contributed by atoms with E-state index < -0.39 is 0 Å². The molecule has 7 rings (SSSR count). The van der Waals surface area contributed by atoms with Crippen LogP contribution in [0.25, 0.3) is 33.4 Å². The van der Waals surface area contributed by atoms with E-state index >= 15 is 0 Å². The van der Waals surface area contributed by atoms with E-state index in [1.807, 2.05) is 6.07 Å². The monoisotopic (exact) mass is 758 g/mol. The molecule has 0 bridgehead atoms. The van der Waals surface area contributed by atoms with Crippen molar-refractivity contribution in [1.82, 2.24) is 0 Å². The van der Waals surface area contributed by atoms with Gasteiger partial charge < -0.3 is 24.8 Å². The van der Waals surface area contributed by atoms with Crippen LogP contribution in [0.3, 0.4) is 0 Å². The SMILES string of the molecule is CCCCC1[C-]=CC(C(C)(C)C)=C1.C[C](=[Zr+2])c1ccccc1.[Cl-].[Cl-].[c-]1c(-c2ccccc2)ccc2c1Cc1cc(-c3ccccc3)ccc1-2. The molecule has 2 aliphatic carbocycles. The molecular formula is C46H46Cl2Zr-2. The predicted octanol–water partition coefficient (Wildman–Crippen LogP) is 6.31. The van der Waals surface area contributed by atoms with Gasteiger partial charge in [-0.1, -0.05) is 154 Å². The summed E-state index contributed by atoms with van der Waals surface area (Å²) >= 11 is 1.51. The standard InChI is InChI=1S/C25H17.C13H21.C8H8.2ClH.Zr/c1-3-7-18(8-4-1)20-11-13-24-22(15-20)17-23-16-21(12-14-25(23)24)19-9-5-2-6-10-19;1-5-6-7-11-8-9-12(10-11)13(2,3)4;1-2-8-6-4-3-5-7-8;;;/h1-15H,17H2;9-11H,5-7H2,1-4H3;3-7H,1H3;2*1H;/q2*-1;;;;+2/p-2. The van der Waals surface area contributed by atoms with Crippen molar-refractivity contribution >= 4 is 3.21 Å². The summed E-state index contributed by atoms with van der Waals surface area (Å²) in [6, 6.07) is 46.5. The van der Waals surface area contributed by atoms with Gasteiger partial charge in [-0.2, -0.15) is 11.6 Å². The van der Waals surface area contributed by atoms with Gasteiger partial charge in [0.05, 0.1) is 0 Å². The molecule has 2 aliphatic rings. The third-order valence-corrected chi connectivity index (χ3v) is 9.47. The van der Waals surface area contributed by atoms with Crippen molar-refractivity contribution in [2.45, 2.75) is 60.3 Å². The molecule has 5 aromatic carbocycles. The first-order valence-electron chi connectivity index (χ1n) is 16.9. The molecule has 0 saturated carbocycles. The van der Waals surface area contributed by atoms with Gasteiger partial charge in [-0.25, -0.2) is 6.08 Å². The summed E-state index contributed by atoms with van der Waals surface area (Å²) < 4.78 is 1.46. The Morgan fingerprint density at radius 1 is 0.735 bits per heavy atom. The fraction of sp³-hybridized carbons (Fsp3) is 0.239. The Labute approximate surface area is 322 Å². The Morgan fingerprint density at radius 3 is 1.88 bits per heavy atom. The van der Waals surface area contributed by atoms with Crippen LogP contribution in [0.2, 0.25) is 0 Å². The first-order valence-corrected chi connectivity index (χ1v) is 18.2. The number of hydrogen-bond acceptors (Lipinski definition) is 0. The van der Waals surface area contributed by atoms with E-state index in [9.17, 15) is 0 Å². The molecule has 0 aliphatic heterocycles. The van der Waals surface area contributed by atoms with E-state index in [4.69, 9.17) is 0 Å². The summed E-state index contributed by atoms with van der Waals surface area (Å²) in [6.07, 6.45) is 12.8. The zero-order valence-electron chi connectivity index (χ0n) is 29.4. The van der Waals surface area contributed by atoms with Crippen LogP contribution >= 0.6 is 0 Å². The third kappa shape index (κ3) is 11.2. The van der Waals surface area contributed by atoms with Crippen molar-refractivity contribution in [3.05, 3.63) is 168 Å². The fourth-order valence-corrected chi connectivity index (χ4v) is 6.38. The Bertz CT molecular complexity index is 1740. The summed E-state index contributed by atoms with van der Waals surface area (Å²) in [5.74, 6) is 0.592. The van der Waals surface area contributed by atoms with Crippen molar-refractivity contribution in [1.29, 1.82) is 0 Å². The largest absolute Gasteiger partial charge is 1.00 e. The Hall–Kier alpha value is -3.09. The number of benzene rings is 5. The second-order valence-corrected chi connectivity index (χ2v) is 15.3. The average molecular weight is 761 g/mol. The van der Waals surface area contributed by atoms with E-state index in [0.29, 0.717) is 11.3 Å². The van der Waals surface area contributed by atoms with E-state index in [2.05, 4.69) is 174 Å². The molecule has 3 heteroatoms. The van der Waals surface area contributed by atoms with Gasteiger partial charge in [-0.3, -0.25) is 6.08 Å². The van der Waals surface area contributed by atoms with Gasteiger partial charge in [-0.15, -0.1) is 29.3 Å². The maximum absolute atomic E-state index is 3.65. The maximum Gasteiger partial charge on any atom is -0.0181 e. The van der Waals surface area contributed by atoms with Crippen LogP contribution < -0.4 is 24.8 Å². The van der Waals surface area contributed by atoms with Gasteiger partial charge in [0.15, 0.2) is 0 Å². The van der Waals surface area contributed by atoms with Crippen LogP contribution in [0.1, 0.15) is 70.6 Å². The van der Waals surface area contributed by atoms with Crippen LogP contribution in [0.15, 0.2) is 139 Å². The van der Waals surface area contributed by atoms with Gasteiger partial charge >= 0.3 is 70.3 Å². The van der Waals surface area contributed by atoms with E-state index in [1.165, 1.54) is 102 Å². The Morgan fingerprint density at radius 2 is 1.33 bits per heavy atom. The van der Waals surface area contributed by atoms with Crippen LogP contribution in [-0.4, -0.2) is 3.21 Å². The van der Waals surface area contributed by atoms with Crippen LogP contribution in [0.5, 0.6) is 0 Å². The Balaban J connectivity index is 0.000000229. The number of fused-ring (bicyclic) bond motifs is 3. The molecule has 0 saturated heterocycles. The minimum Gasteiger partial charge on any atom is -1.00 e. The van der Waals surface area contributed by atoms with Gasteiger partial charge in [0.25, 0.3) is 0 Å². The number of rotatable bonds is 6. The van der Waals surface area contributed by atoms with Gasteiger partial charge in [0, 0.05) is 0 Å². The van der Waals surface area contributed by atoms with E-state index in [0.717, 1.165) is 6.42 Å². The van der Waals surface area contributed by atoms with Crippen LogP contribution in [0.4, 0.5) is 0 Å². The molecule has 49 heavy (non-hydrogen) atoms. The second kappa shape index (κ2) is 19.3. The van der Waals surface area contributed by atoms with Crippen LogP contribution in [0, 0.1) is 23.5 Å². The summed E-state index contributed by atoms with van der Waals surface area (Å²) in [4.78, 5) is 0. The van der Waals surface area contributed by atoms with E-state index in [-0.39, 0.29) is 24.8 Å². The normalized spacial score (nSPS) is 13.6. The van der Waals surface area contributed by atoms with E-state index in [1.54, 1.807) is 0 Å². The quantitative estimate of drug-likeness (QED) is 0.175. The molecule has 1 unspecified atom stereocenters. The molecule has 0 aromatic heterocycles. The molecular weight excluding hydrogens is 715 g/mol. The zero-order valence-corrected chi connectivity index (χ0v) is 33.3. The van der Waals surface area contributed by atoms with Gasteiger partial charge in [0.1, 0.15) is 0 Å². The molecule has 250 valence electrons. The molecule has 0 radical (unpaired) electrons. The Kier molecular flexibility index (Phi) is 15.9. The number of unbranched alkanes of at least 4 members (excludes halogenated alkanes) is 1. The number of halogens is 2. The first-order chi connectivity index (χ1) is 22.7. The average Bonchev–Trinajstić information content (AvgIpc) is 3.74. The maximum atomic E-state index is 3.65. The third-order valence-electron chi connectivity index (χ3n) is 8.76. The summed E-state index contributed by atoms with van der Waals surface area (Å²) in [5.41, 5.74) is 13.5. The molecule has 0 amide bonds. The van der Waals surface area contributed by atoms with Gasteiger partial charge in [0.2, 0.25) is 0 Å². The number of hydrogen-bond donors (Lipinski definition) is 0. The summed E-state index contributed by atoms with van der Waals surface area (Å²) in [5, 5.41) is 0. The molecule has 0 spiro atoms. The summed E-state index contributed by atoms with van der Waals surface area (Å²) in [6.45, 7) is 11.2. The fourth-order valence-electron chi connectivity index (χ4n) is 5.98. The first kappa shape index (κ1) is 40.3. The molecule has 5 aromatic rings. The molecule has 0 fully saturated rings. The second-order valence-electron chi connectivity index (χ2n) is 13.5. The van der Waals surface area contributed by atoms with Crippen molar-refractivity contribution < 1.29 is 49.0 Å².